The number of amides is 1. The standard InChI is InChI=1S/C19H16Cl2N2O2/c20-12-5-7-13(8-6-12)22-11-16(19(25)23-14-9-10-14)18(24)15-3-1-2-4-17(15)21/h1-8,11,14,24H,9-10H2,(H,23,25). The van der Waals surface area contributed by atoms with E-state index in [9.17, 15) is 9.90 Å². The molecular formula is C19H16Cl2N2O2. The summed E-state index contributed by atoms with van der Waals surface area (Å²) in [5.41, 5.74) is 1.07. The molecule has 1 saturated carbocycles. The molecule has 128 valence electrons. The molecule has 1 aliphatic carbocycles. The van der Waals surface area contributed by atoms with Crippen LogP contribution in [-0.4, -0.2) is 23.3 Å². The van der Waals surface area contributed by atoms with Crippen LogP contribution in [0.15, 0.2) is 59.1 Å². The van der Waals surface area contributed by atoms with E-state index in [2.05, 4.69) is 10.3 Å². The van der Waals surface area contributed by atoms with Crippen molar-refractivity contribution in [3.8, 4) is 0 Å². The molecule has 0 radical (unpaired) electrons. The largest absolute Gasteiger partial charge is 0.506 e. The fraction of sp³-hybridized carbons (Fsp3) is 0.158. The number of aliphatic hydroxyl groups is 1. The molecule has 1 fully saturated rings. The number of hydrogen-bond donors (Lipinski definition) is 2. The Kier molecular flexibility index (Phi) is 5.41. The Labute approximate surface area is 155 Å². The van der Waals surface area contributed by atoms with Gasteiger partial charge in [-0.05, 0) is 49.2 Å². The van der Waals surface area contributed by atoms with Gasteiger partial charge in [0.05, 0.1) is 10.7 Å². The van der Waals surface area contributed by atoms with Crippen molar-refractivity contribution < 1.29 is 9.90 Å². The van der Waals surface area contributed by atoms with E-state index >= 15 is 0 Å². The van der Waals surface area contributed by atoms with Crippen LogP contribution in [0.4, 0.5) is 5.69 Å². The molecule has 0 atom stereocenters. The van der Waals surface area contributed by atoms with Crippen LogP contribution in [-0.2, 0) is 4.79 Å². The molecule has 2 aromatic rings. The van der Waals surface area contributed by atoms with E-state index in [1.807, 2.05) is 0 Å². The molecule has 1 aliphatic rings. The van der Waals surface area contributed by atoms with E-state index in [0.717, 1.165) is 12.8 Å². The lowest BCUT2D eigenvalue weighted by atomic mass is 10.1. The number of nitrogens with zero attached hydrogens (tertiary/aromatic N) is 1. The topological polar surface area (TPSA) is 61.7 Å². The van der Waals surface area contributed by atoms with Crippen molar-refractivity contribution in [2.24, 2.45) is 4.99 Å². The number of hydrogen-bond acceptors (Lipinski definition) is 3. The first kappa shape index (κ1) is 17.5. The highest BCUT2D eigenvalue weighted by Crippen LogP contribution is 2.26. The third-order valence-electron chi connectivity index (χ3n) is 3.71. The smallest absolute Gasteiger partial charge is 0.256 e. The minimum absolute atomic E-state index is 0.0648. The Morgan fingerprint density at radius 3 is 2.44 bits per heavy atom. The Bertz CT molecular complexity index is 841. The molecule has 0 heterocycles. The fourth-order valence-electron chi connectivity index (χ4n) is 2.18. The molecule has 0 aromatic heterocycles. The Hall–Kier alpha value is -2.30. The summed E-state index contributed by atoms with van der Waals surface area (Å²) in [5, 5.41) is 14.4. The van der Waals surface area contributed by atoms with Crippen molar-refractivity contribution in [3.05, 3.63) is 69.7 Å². The molecule has 0 spiro atoms. The first-order valence-corrected chi connectivity index (χ1v) is 8.59. The highest BCUT2D eigenvalue weighted by molar-refractivity contribution is 6.33. The van der Waals surface area contributed by atoms with Crippen LogP contribution >= 0.6 is 23.2 Å². The van der Waals surface area contributed by atoms with Crippen molar-refractivity contribution in [2.75, 3.05) is 0 Å². The number of halogens is 2. The second kappa shape index (κ2) is 7.72. The van der Waals surface area contributed by atoms with Crippen molar-refractivity contribution >= 4 is 46.8 Å². The number of rotatable bonds is 5. The van der Waals surface area contributed by atoms with Gasteiger partial charge in [0, 0.05) is 22.8 Å². The lowest BCUT2D eigenvalue weighted by molar-refractivity contribution is -0.117. The van der Waals surface area contributed by atoms with Crippen LogP contribution in [0.2, 0.25) is 10.0 Å². The van der Waals surface area contributed by atoms with Gasteiger partial charge in [-0.15, -0.1) is 0 Å². The minimum Gasteiger partial charge on any atom is -0.506 e. The normalized spacial score (nSPS) is 15.1. The van der Waals surface area contributed by atoms with Crippen LogP contribution in [0, 0.1) is 0 Å². The van der Waals surface area contributed by atoms with Crippen molar-refractivity contribution in [2.45, 2.75) is 18.9 Å². The van der Waals surface area contributed by atoms with Crippen molar-refractivity contribution in [3.63, 3.8) is 0 Å². The Morgan fingerprint density at radius 1 is 1.12 bits per heavy atom. The van der Waals surface area contributed by atoms with E-state index < -0.39 is 0 Å². The van der Waals surface area contributed by atoms with Gasteiger partial charge in [0.1, 0.15) is 11.3 Å². The van der Waals surface area contributed by atoms with Gasteiger partial charge < -0.3 is 10.4 Å². The lowest BCUT2D eigenvalue weighted by Crippen LogP contribution is -2.28. The third kappa shape index (κ3) is 4.62. The Balaban J connectivity index is 1.96. The number of benzene rings is 2. The van der Waals surface area contributed by atoms with E-state index in [0.29, 0.717) is 21.3 Å². The maximum absolute atomic E-state index is 12.5. The molecule has 6 heteroatoms. The second-order valence-corrected chi connectivity index (χ2v) is 6.57. The summed E-state index contributed by atoms with van der Waals surface area (Å²) in [4.78, 5) is 16.8. The summed E-state index contributed by atoms with van der Waals surface area (Å²) in [6, 6.07) is 13.8. The van der Waals surface area contributed by atoms with Gasteiger partial charge in [-0.25, -0.2) is 0 Å². The highest BCUT2D eigenvalue weighted by Gasteiger charge is 2.26. The number of carbonyl (C=O) groups excluding carboxylic acids is 1. The van der Waals surface area contributed by atoms with E-state index in [-0.39, 0.29) is 23.3 Å². The Morgan fingerprint density at radius 2 is 1.80 bits per heavy atom. The molecule has 3 rings (SSSR count). The molecule has 4 nitrogen and oxygen atoms in total. The van der Waals surface area contributed by atoms with Crippen LogP contribution in [0.1, 0.15) is 18.4 Å². The summed E-state index contributed by atoms with van der Waals surface area (Å²) in [7, 11) is 0. The van der Waals surface area contributed by atoms with Gasteiger partial charge in [0.25, 0.3) is 5.91 Å². The second-order valence-electron chi connectivity index (χ2n) is 5.72. The zero-order valence-electron chi connectivity index (χ0n) is 13.2. The number of nitrogens with one attached hydrogen (secondary N) is 1. The highest BCUT2D eigenvalue weighted by atomic mass is 35.5. The van der Waals surface area contributed by atoms with Crippen LogP contribution in [0.3, 0.4) is 0 Å². The molecular weight excluding hydrogens is 359 g/mol. The zero-order valence-corrected chi connectivity index (χ0v) is 14.8. The van der Waals surface area contributed by atoms with E-state index in [1.54, 1.807) is 48.5 Å². The summed E-state index contributed by atoms with van der Waals surface area (Å²) in [6.45, 7) is 0. The number of aliphatic hydroxyl groups excluding tert-OH is 1. The summed E-state index contributed by atoms with van der Waals surface area (Å²) >= 11 is 12.0. The monoisotopic (exact) mass is 374 g/mol. The molecule has 0 saturated heterocycles. The van der Waals surface area contributed by atoms with Crippen LogP contribution in [0.25, 0.3) is 5.76 Å². The fourth-order valence-corrected chi connectivity index (χ4v) is 2.53. The van der Waals surface area contributed by atoms with Gasteiger partial charge in [-0.1, -0.05) is 35.3 Å². The predicted molar refractivity (Wildman–Crippen MR) is 102 cm³/mol. The molecule has 1 amide bonds. The van der Waals surface area contributed by atoms with Gasteiger partial charge >= 0.3 is 0 Å². The quantitative estimate of drug-likeness (QED) is 0.442. The average molecular weight is 375 g/mol. The average Bonchev–Trinajstić information content (AvgIpc) is 3.41. The number of carbonyl (C=O) groups is 1. The number of aliphatic imine (C=N–C) groups is 1. The molecule has 2 aromatic carbocycles. The maximum atomic E-state index is 12.5. The summed E-state index contributed by atoms with van der Waals surface area (Å²) < 4.78 is 0. The first-order chi connectivity index (χ1) is 12.0. The van der Waals surface area contributed by atoms with Gasteiger partial charge in [-0.2, -0.15) is 0 Å². The summed E-state index contributed by atoms with van der Waals surface area (Å²) in [5.74, 6) is -0.584. The maximum Gasteiger partial charge on any atom is 0.256 e. The van der Waals surface area contributed by atoms with Crippen molar-refractivity contribution in [1.82, 2.24) is 5.32 Å². The molecule has 0 bridgehead atoms. The van der Waals surface area contributed by atoms with Crippen LogP contribution < -0.4 is 5.32 Å². The SMILES string of the molecule is O=C(NC1CC1)C(C=Nc1ccc(Cl)cc1)=C(O)c1ccccc1Cl. The van der Waals surface area contributed by atoms with Crippen LogP contribution in [0.5, 0.6) is 0 Å². The van der Waals surface area contributed by atoms with E-state index in [4.69, 9.17) is 23.2 Å². The van der Waals surface area contributed by atoms with E-state index in [1.165, 1.54) is 6.21 Å². The zero-order chi connectivity index (χ0) is 17.8. The van der Waals surface area contributed by atoms with Gasteiger partial charge in [0.2, 0.25) is 0 Å². The van der Waals surface area contributed by atoms with Gasteiger partial charge in [-0.3, -0.25) is 9.79 Å². The third-order valence-corrected chi connectivity index (χ3v) is 4.29. The molecule has 0 unspecified atom stereocenters. The lowest BCUT2D eigenvalue weighted by Gasteiger charge is -2.09. The predicted octanol–water partition coefficient (Wildman–Crippen LogP) is 4.94. The van der Waals surface area contributed by atoms with Crippen molar-refractivity contribution in [1.29, 1.82) is 0 Å². The molecule has 2 N–H and O–H groups in total. The summed E-state index contributed by atoms with van der Waals surface area (Å²) in [6.07, 6.45) is 3.24. The molecule has 0 aliphatic heterocycles. The molecule has 25 heavy (non-hydrogen) atoms. The first-order valence-electron chi connectivity index (χ1n) is 7.83. The minimum atomic E-state index is -0.377. The van der Waals surface area contributed by atoms with Gasteiger partial charge in [0.15, 0.2) is 0 Å².